The molecule has 2 amide bonds. The smallest absolute Gasteiger partial charge is 0.457 e. The molecular weight excluding hydrogens is 377 g/mol. The molecule has 9 nitrogen and oxygen atoms in total. The van der Waals surface area contributed by atoms with Crippen molar-refractivity contribution in [1.82, 2.24) is 9.88 Å². The van der Waals surface area contributed by atoms with Crippen LogP contribution in [0.1, 0.15) is 20.7 Å². The van der Waals surface area contributed by atoms with E-state index in [-0.39, 0.29) is 16.9 Å². The van der Waals surface area contributed by atoms with Crippen LogP contribution >= 0.6 is 0 Å². The summed E-state index contributed by atoms with van der Waals surface area (Å²) in [5.41, 5.74) is 6.12. The normalized spacial score (nSPS) is 12.5. The molecular formula is C19H14BN3O6. The number of amides is 2. The Morgan fingerprint density at radius 3 is 2.07 bits per heavy atom. The van der Waals surface area contributed by atoms with Gasteiger partial charge in [-0.15, -0.1) is 0 Å². The molecule has 0 aliphatic carbocycles. The number of aromatic nitrogens is 1. The molecule has 0 saturated carbocycles. The lowest BCUT2D eigenvalue weighted by Crippen LogP contribution is -2.29. The molecule has 29 heavy (non-hydrogen) atoms. The molecule has 0 atom stereocenters. The van der Waals surface area contributed by atoms with Crippen LogP contribution in [-0.2, 0) is 0 Å². The van der Waals surface area contributed by atoms with Crippen LogP contribution in [0.4, 0.5) is 5.82 Å². The SMILES string of the molecule is Nc1c2c(cc(=O)n1-c1ccc(Oc3ccc(B(O)O)cc3)cc1)C(=O)NC2=O. The summed E-state index contributed by atoms with van der Waals surface area (Å²) in [5.74, 6) is -0.474. The maximum atomic E-state index is 12.4. The van der Waals surface area contributed by atoms with Gasteiger partial charge in [0.2, 0.25) is 0 Å². The fraction of sp³-hybridized carbons (Fsp3) is 0. The standard InChI is InChI=1S/C19H14BN3O6/c21-17-16-14(18(25)22-19(16)26)9-15(24)23(17)11-3-7-13(8-4-11)29-12-5-1-10(2-6-12)20(27)28/h1-9,27-28H,21H2,(H,22,25,26). The number of nitrogens with zero attached hydrogens (tertiary/aromatic N) is 1. The molecule has 2 aromatic carbocycles. The molecule has 10 heteroatoms. The summed E-state index contributed by atoms with van der Waals surface area (Å²) < 4.78 is 6.82. The second-order valence-electron chi connectivity index (χ2n) is 6.31. The number of anilines is 1. The van der Waals surface area contributed by atoms with Crippen molar-refractivity contribution < 1.29 is 24.4 Å². The Labute approximate surface area is 164 Å². The van der Waals surface area contributed by atoms with Gasteiger partial charge in [0.15, 0.2) is 0 Å². The van der Waals surface area contributed by atoms with Gasteiger partial charge in [-0.05, 0) is 41.9 Å². The van der Waals surface area contributed by atoms with Crippen LogP contribution in [0.15, 0.2) is 59.4 Å². The lowest BCUT2D eigenvalue weighted by Gasteiger charge is -2.13. The van der Waals surface area contributed by atoms with E-state index < -0.39 is 24.5 Å². The van der Waals surface area contributed by atoms with Crippen molar-refractivity contribution in [1.29, 1.82) is 0 Å². The number of carbonyl (C=O) groups is 2. The number of fused-ring (bicyclic) bond motifs is 1. The molecule has 0 bridgehead atoms. The maximum absolute atomic E-state index is 12.4. The zero-order valence-electron chi connectivity index (χ0n) is 14.8. The molecule has 0 spiro atoms. The highest BCUT2D eigenvalue weighted by atomic mass is 16.5. The average molecular weight is 391 g/mol. The molecule has 0 radical (unpaired) electrons. The summed E-state index contributed by atoms with van der Waals surface area (Å²) in [4.78, 5) is 36.1. The highest BCUT2D eigenvalue weighted by Gasteiger charge is 2.31. The van der Waals surface area contributed by atoms with Crippen molar-refractivity contribution in [2.24, 2.45) is 0 Å². The molecule has 0 fully saturated rings. The zero-order valence-corrected chi connectivity index (χ0v) is 14.8. The summed E-state index contributed by atoms with van der Waals surface area (Å²) >= 11 is 0. The zero-order chi connectivity index (χ0) is 20.7. The number of pyridine rings is 1. The Bertz CT molecular complexity index is 1190. The predicted molar refractivity (Wildman–Crippen MR) is 105 cm³/mol. The Kier molecular flexibility index (Phi) is 4.42. The highest BCUT2D eigenvalue weighted by Crippen LogP contribution is 2.25. The fourth-order valence-corrected chi connectivity index (χ4v) is 3.05. The topological polar surface area (TPSA) is 144 Å². The van der Waals surface area contributed by atoms with Crippen LogP contribution in [0, 0.1) is 0 Å². The van der Waals surface area contributed by atoms with E-state index >= 15 is 0 Å². The van der Waals surface area contributed by atoms with Gasteiger partial charge in [0.1, 0.15) is 17.3 Å². The van der Waals surface area contributed by atoms with Gasteiger partial charge in [-0.25, -0.2) is 0 Å². The molecule has 1 aromatic heterocycles. The number of imide groups is 1. The van der Waals surface area contributed by atoms with Gasteiger partial charge < -0.3 is 20.5 Å². The van der Waals surface area contributed by atoms with E-state index in [1.165, 1.54) is 12.1 Å². The summed E-state index contributed by atoms with van der Waals surface area (Å²) in [7, 11) is -1.56. The molecule has 0 unspecified atom stereocenters. The molecule has 4 rings (SSSR count). The van der Waals surface area contributed by atoms with Crippen molar-refractivity contribution in [2.75, 3.05) is 5.73 Å². The number of nitrogen functional groups attached to an aromatic ring is 1. The van der Waals surface area contributed by atoms with Crippen LogP contribution in [0.5, 0.6) is 11.5 Å². The minimum absolute atomic E-state index is 0.0268. The first-order valence-electron chi connectivity index (χ1n) is 8.51. The van der Waals surface area contributed by atoms with E-state index in [2.05, 4.69) is 5.32 Å². The number of nitrogens with one attached hydrogen (secondary N) is 1. The molecule has 3 aromatic rings. The Hall–Kier alpha value is -3.89. The van der Waals surface area contributed by atoms with Crippen molar-refractivity contribution in [3.05, 3.63) is 76.1 Å². The van der Waals surface area contributed by atoms with Gasteiger partial charge >= 0.3 is 7.12 Å². The molecule has 1 aliphatic heterocycles. The van der Waals surface area contributed by atoms with Gasteiger partial charge in [-0.1, -0.05) is 12.1 Å². The van der Waals surface area contributed by atoms with Gasteiger partial charge in [0.05, 0.1) is 16.8 Å². The van der Waals surface area contributed by atoms with E-state index in [0.29, 0.717) is 22.6 Å². The highest BCUT2D eigenvalue weighted by molar-refractivity contribution is 6.58. The van der Waals surface area contributed by atoms with Crippen LogP contribution in [0.2, 0.25) is 0 Å². The molecule has 144 valence electrons. The second-order valence-corrected chi connectivity index (χ2v) is 6.31. The first-order chi connectivity index (χ1) is 13.8. The van der Waals surface area contributed by atoms with Crippen molar-refractivity contribution in [3.63, 3.8) is 0 Å². The number of nitrogens with two attached hydrogens (primary N) is 1. The van der Waals surface area contributed by atoms with E-state index in [1.54, 1.807) is 36.4 Å². The summed E-state index contributed by atoms with van der Waals surface area (Å²) in [5, 5.41) is 20.3. The lowest BCUT2D eigenvalue weighted by atomic mass is 9.80. The number of ether oxygens (including phenoxy) is 1. The largest absolute Gasteiger partial charge is 0.488 e. The molecule has 1 aliphatic rings. The van der Waals surface area contributed by atoms with E-state index in [4.69, 9.17) is 20.5 Å². The number of carbonyl (C=O) groups excluding carboxylic acids is 2. The summed E-state index contributed by atoms with van der Waals surface area (Å²) in [6, 6.07) is 13.7. The van der Waals surface area contributed by atoms with E-state index in [9.17, 15) is 14.4 Å². The first kappa shape index (κ1) is 18.5. The minimum Gasteiger partial charge on any atom is -0.457 e. The van der Waals surface area contributed by atoms with E-state index in [1.807, 2.05) is 0 Å². The van der Waals surface area contributed by atoms with Crippen LogP contribution in [-0.4, -0.2) is 33.5 Å². The Balaban J connectivity index is 1.63. The summed E-state index contributed by atoms with van der Waals surface area (Å²) in [6.45, 7) is 0. The minimum atomic E-state index is -1.56. The number of hydrogen-bond donors (Lipinski definition) is 4. The average Bonchev–Trinajstić information content (AvgIpc) is 2.97. The third-order valence-corrected chi connectivity index (χ3v) is 4.46. The van der Waals surface area contributed by atoms with Crippen molar-refractivity contribution >= 4 is 30.2 Å². The third-order valence-electron chi connectivity index (χ3n) is 4.46. The van der Waals surface area contributed by atoms with Crippen LogP contribution < -0.4 is 26.8 Å². The van der Waals surface area contributed by atoms with Crippen molar-refractivity contribution in [2.45, 2.75) is 0 Å². The Morgan fingerprint density at radius 2 is 1.48 bits per heavy atom. The van der Waals surface area contributed by atoms with Gasteiger partial charge in [-0.3, -0.25) is 24.3 Å². The maximum Gasteiger partial charge on any atom is 0.488 e. The van der Waals surface area contributed by atoms with Crippen LogP contribution in [0.3, 0.4) is 0 Å². The van der Waals surface area contributed by atoms with Crippen LogP contribution in [0.25, 0.3) is 5.69 Å². The lowest BCUT2D eigenvalue weighted by molar-refractivity contribution is 0.0880. The number of benzene rings is 2. The second kappa shape index (κ2) is 6.93. The first-order valence-corrected chi connectivity index (χ1v) is 8.51. The van der Waals surface area contributed by atoms with Gasteiger partial charge in [-0.2, -0.15) is 0 Å². The fourth-order valence-electron chi connectivity index (χ4n) is 3.05. The van der Waals surface area contributed by atoms with E-state index in [0.717, 1.165) is 10.6 Å². The predicted octanol–water partition coefficient (Wildman–Crippen LogP) is -0.225. The van der Waals surface area contributed by atoms with Crippen molar-refractivity contribution in [3.8, 4) is 17.2 Å². The quantitative estimate of drug-likeness (QED) is 0.355. The third kappa shape index (κ3) is 3.26. The molecule has 2 heterocycles. The Morgan fingerprint density at radius 1 is 0.897 bits per heavy atom. The number of rotatable bonds is 4. The molecule has 0 saturated heterocycles. The van der Waals surface area contributed by atoms with Gasteiger partial charge in [0.25, 0.3) is 17.4 Å². The number of hydrogen-bond acceptors (Lipinski definition) is 7. The monoisotopic (exact) mass is 391 g/mol. The van der Waals surface area contributed by atoms with Gasteiger partial charge in [0, 0.05) is 6.07 Å². The molecule has 5 N–H and O–H groups in total. The summed E-state index contributed by atoms with van der Waals surface area (Å²) in [6.07, 6.45) is 0.